The van der Waals surface area contributed by atoms with E-state index in [9.17, 15) is 4.79 Å². The molecule has 0 aliphatic rings. The summed E-state index contributed by atoms with van der Waals surface area (Å²) in [5.74, 6) is -0.112. The lowest BCUT2D eigenvalue weighted by molar-refractivity contribution is 0.0944. The zero-order chi connectivity index (χ0) is 14.4. The monoisotopic (exact) mass is 286 g/mol. The van der Waals surface area contributed by atoms with Gasteiger partial charge in [0.1, 0.15) is 0 Å². The van der Waals surface area contributed by atoms with Gasteiger partial charge in [-0.25, -0.2) is 0 Å². The van der Waals surface area contributed by atoms with Gasteiger partial charge in [0.2, 0.25) is 0 Å². The third-order valence-corrected chi connectivity index (χ3v) is 3.89. The van der Waals surface area contributed by atoms with Crippen molar-refractivity contribution >= 4 is 17.2 Å². The molecule has 2 rings (SSSR count). The predicted molar refractivity (Wildman–Crippen MR) is 79.5 cm³/mol. The van der Waals surface area contributed by atoms with Crippen LogP contribution in [0.5, 0.6) is 0 Å². The number of carbonyl (C=O) groups excluding carboxylic acids is 1. The summed E-state index contributed by atoms with van der Waals surface area (Å²) in [5, 5.41) is 6.43. The average molecular weight is 286 g/mol. The van der Waals surface area contributed by atoms with Gasteiger partial charge in [0.15, 0.2) is 0 Å². The van der Waals surface area contributed by atoms with Crippen molar-refractivity contribution in [2.45, 2.75) is 19.5 Å². The van der Waals surface area contributed by atoms with Gasteiger partial charge in [-0.05, 0) is 30.2 Å². The van der Waals surface area contributed by atoms with Crippen LogP contribution in [0.1, 0.15) is 33.1 Å². The average Bonchev–Trinajstić information content (AvgIpc) is 2.95. The molecule has 0 saturated carbocycles. The molecule has 1 aromatic carbocycles. The number of nitrogens with zero attached hydrogens (tertiary/aromatic N) is 3. The fourth-order valence-electron chi connectivity index (χ4n) is 1.78. The van der Waals surface area contributed by atoms with Crippen LogP contribution in [0.25, 0.3) is 10.4 Å². The third kappa shape index (κ3) is 3.60. The minimum absolute atomic E-state index is 0.0496. The van der Waals surface area contributed by atoms with Crippen molar-refractivity contribution in [1.82, 2.24) is 5.32 Å². The first-order valence-corrected chi connectivity index (χ1v) is 6.97. The van der Waals surface area contributed by atoms with Crippen molar-refractivity contribution in [3.8, 4) is 0 Å². The maximum absolute atomic E-state index is 12.1. The molecule has 1 unspecified atom stereocenters. The van der Waals surface area contributed by atoms with Crippen LogP contribution in [0.15, 0.2) is 47.6 Å². The molecule has 1 atom stereocenters. The maximum atomic E-state index is 12.1. The lowest BCUT2D eigenvalue weighted by Gasteiger charge is -2.13. The molecule has 0 radical (unpaired) electrons. The molecule has 0 bridgehead atoms. The Labute approximate surface area is 120 Å². The summed E-state index contributed by atoms with van der Waals surface area (Å²) in [6.07, 6.45) is 0. The zero-order valence-electron chi connectivity index (χ0n) is 11.0. The molecule has 0 aliphatic carbocycles. The van der Waals surface area contributed by atoms with E-state index < -0.39 is 0 Å². The van der Waals surface area contributed by atoms with Crippen LogP contribution in [0.2, 0.25) is 0 Å². The van der Waals surface area contributed by atoms with E-state index in [-0.39, 0.29) is 18.5 Å². The summed E-state index contributed by atoms with van der Waals surface area (Å²) in [6, 6.07) is 13.3. The number of carbonyl (C=O) groups is 1. The highest BCUT2D eigenvalue weighted by atomic mass is 32.1. The Morgan fingerprint density at radius 1 is 1.35 bits per heavy atom. The summed E-state index contributed by atoms with van der Waals surface area (Å²) < 4.78 is 0. The van der Waals surface area contributed by atoms with Crippen molar-refractivity contribution in [2.75, 3.05) is 0 Å². The molecule has 1 amide bonds. The first-order chi connectivity index (χ1) is 9.70. The number of benzene rings is 1. The van der Waals surface area contributed by atoms with Crippen LogP contribution in [0.3, 0.4) is 0 Å². The van der Waals surface area contributed by atoms with E-state index in [0.717, 1.165) is 10.4 Å². The smallest absolute Gasteiger partial charge is 0.261 e. The highest BCUT2D eigenvalue weighted by molar-refractivity contribution is 7.14. The standard InChI is InChI=1S/C14H14N4OS/c1-10(11-5-3-2-4-6-11)17-14(19)13-8-7-12(20-13)9-16-18-15/h2-8,10H,9H2,1H3,(H,17,19). The van der Waals surface area contributed by atoms with E-state index in [0.29, 0.717) is 4.88 Å². The summed E-state index contributed by atoms with van der Waals surface area (Å²) in [6.45, 7) is 2.23. The zero-order valence-corrected chi connectivity index (χ0v) is 11.8. The van der Waals surface area contributed by atoms with Crippen LogP contribution in [0.4, 0.5) is 0 Å². The molecular weight excluding hydrogens is 272 g/mol. The second kappa shape index (κ2) is 6.75. The molecule has 102 valence electrons. The molecule has 0 fully saturated rings. The molecule has 2 aromatic rings. The van der Waals surface area contributed by atoms with Crippen molar-refractivity contribution < 1.29 is 4.79 Å². The van der Waals surface area contributed by atoms with Crippen molar-refractivity contribution in [3.63, 3.8) is 0 Å². The van der Waals surface area contributed by atoms with Gasteiger partial charge in [-0.2, -0.15) is 0 Å². The minimum atomic E-state index is -0.112. The molecule has 0 spiro atoms. The highest BCUT2D eigenvalue weighted by Crippen LogP contribution is 2.19. The Bertz CT molecular complexity index is 632. The molecule has 20 heavy (non-hydrogen) atoms. The largest absolute Gasteiger partial charge is 0.345 e. The number of nitrogens with one attached hydrogen (secondary N) is 1. The number of thiophene rings is 1. The fraction of sp³-hybridized carbons (Fsp3) is 0.214. The fourth-order valence-corrected chi connectivity index (χ4v) is 2.61. The van der Waals surface area contributed by atoms with Crippen molar-refractivity contribution in [3.05, 3.63) is 68.2 Å². The van der Waals surface area contributed by atoms with Gasteiger partial charge in [0, 0.05) is 9.79 Å². The highest BCUT2D eigenvalue weighted by Gasteiger charge is 2.13. The van der Waals surface area contributed by atoms with Gasteiger partial charge >= 0.3 is 0 Å². The normalized spacial score (nSPS) is 11.4. The summed E-state index contributed by atoms with van der Waals surface area (Å²) in [7, 11) is 0. The number of azide groups is 1. The Kier molecular flexibility index (Phi) is 4.76. The molecule has 0 saturated heterocycles. The first-order valence-electron chi connectivity index (χ1n) is 6.16. The van der Waals surface area contributed by atoms with Crippen molar-refractivity contribution in [2.24, 2.45) is 5.11 Å². The summed E-state index contributed by atoms with van der Waals surface area (Å²) in [5.41, 5.74) is 9.33. The van der Waals surface area contributed by atoms with Gasteiger partial charge < -0.3 is 5.32 Å². The van der Waals surface area contributed by atoms with Crippen molar-refractivity contribution in [1.29, 1.82) is 0 Å². The van der Waals surface area contributed by atoms with Gasteiger partial charge in [-0.15, -0.1) is 11.3 Å². The quantitative estimate of drug-likeness (QED) is 0.502. The van der Waals surface area contributed by atoms with Crippen LogP contribution in [-0.4, -0.2) is 5.91 Å². The minimum Gasteiger partial charge on any atom is -0.345 e. The summed E-state index contributed by atoms with van der Waals surface area (Å²) in [4.78, 5) is 16.3. The Morgan fingerprint density at radius 2 is 2.10 bits per heavy atom. The molecule has 0 aliphatic heterocycles. The SMILES string of the molecule is CC(NC(=O)c1ccc(CN=[N+]=[N-])s1)c1ccccc1. The third-order valence-electron chi connectivity index (χ3n) is 2.82. The lowest BCUT2D eigenvalue weighted by Crippen LogP contribution is -2.25. The van der Waals surface area contributed by atoms with E-state index in [1.165, 1.54) is 11.3 Å². The van der Waals surface area contributed by atoms with E-state index in [1.807, 2.05) is 37.3 Å². The van der Waals surface area contributed by atoms with E-state index >= 15 is 0 Å². The van der Waals surface area contributed by atoms with Crippen LogP contribution in [-0.2, 0) is 6.54 Å². The molecule has 1 N–H and O–H groups in total. The van der Waals surface area contributed by atoms with Gasteiger partial charge in [-0.3, -0.25) is 4.79 Å². The molecule has 1 aromatic heterocycles. The first kappa shape index (κ1) is 14.1. The molecule has 5 nitrogen and oxygen atoms in total. The lowest BCUT2D eigenvalue weighted by atomic mass is 10.1. The van der Waals surface area contributed by atoms with E-state index in [1.54, 1.807) is 12.1 Å². The molecule has 1 heterocycles. The Hall–Kier alpha value is -2.30. The van der Waals surface area contributed by atoms with Crippen LogP contribution >= 0.6 is 11.3 Å². The Balaban J connectivity index is 2.01. The van der Waals surface area contributed by atoms with E-state index in [4.69, 9.17) is 5.53 Å². The number of amides is 1. The van der Waals surface area contributed by atoms with Crippen LogP contribution in [0, 0.1) is 0 Å². The maximum Gasteiger partial charge on any atom is 0.261 e. The van der Waals surface area contributed by atoms with Gasteiger partial charge in [0.05, 0.1) is 17.5 Å². The number of hydrogen-bond acceptors (Lipinski definition) is 3. The van der Waals surface area contributed by atoms with E-state index in [2.05, 4.69) is 15.3 Å². The number of hydrogen-bond donors (Lipinski definition) is 1. The predicted octanol–water partition coefficient (Wildman–Crippen LogP) is 4.05. The second-order valence-electron chi connectivity index (χ2n) is 4.26. The molecular formula is C14H14N4OS. The number of rotatable bonds is 5. The topological polar surface area (TPSA) is 77.9 Å². The molecule has 6 heteroatoms. The summed E-state index contributed by atoms with van der Waals surface area (Å²) >= 11 is 1.34. The second-order valence-corrected chi connectivity index (χ2v) is 5.43. The Morgan fingerprint density at radius 3 is 2.80 bits per heavy atom. The van der Waals surface area contributed by atoms with Gasteiger partial charge in [-0.1, -0.05) is 35.4 Å². The van der Waals surface area contributed by atoms with Crippen LogP contribution < -0.4 is 5.32 Å². The van der Waals surface area contributed by atoms with Gasteiger partial charge in [0.25, 0.3) is 5.91 Å².